The summed E-state index contributed by atoms with van der Waals surface area (Å²) in [5.41, 5.74) is 4.58. The number of anilines is 1. The Bertz CT molecular complexity index is 1880. The summed E-state index contributed by atoms with van der Waals surface area (Å²) in [6.07, 6.45) is 29.8. The van der Waals surface area contributed by atoms with Crippen molar-refractivity contribution in [3.05, 3.63) is 59.2 Å². The molecule has 1 aliphatic rings. The molecule has 0 aromatic carbocycles. The number of aliphatic hydroxyl groups excluding tert-OH is 3. The predicted molar refractivity (Wildman–Crippen MR) is 276 cm³/mol. The van der Waals surface area contributed by atoms with Crippen LogP contribution in [0.1, 0.15) is 194 Å². The quantitative estimate of drug-likeness (QED) is 0.0117. The van der Waals surface area contributed by atoms with E-state index in [4.69, 9.17) is 29.0 Å². The fraction of sp³-hybridized carbons (Fsp3) is 0.765. The molecular weight excluding hydrogens is 973 g/mol. The first-order valence-electron chi connectivity index (χ1n) is 26.5. The maximum atomic E-state index is 12.9. The lowest BCUT2D eigenvalue weighted by Gasteiger charge is -2.21. The zero-order valence-electron chi connectivity index (χ0n) is 43.3. The van der Waals surface area contributed by atoms with Gasteiger partial charge in [0.15, 0.2) is 12.3 Å². The van der Waals surface area contributed by atoms with Crippen LogP contribution in [0.4, 0.5) is 5.82 Å². The predicted octanol–water partition coefficient (Wildman–Crippen LogP) is 10.00. The maximum absolute atomic E-state index is 12.9. The highest BCUT2D eigenvalue weighted by molar-refractivity contribution is 7.61. The van der Waals surface area contributed by atoms with Crippen molar-refractivity contribution in [3.63, 3.8) is 0 Å². The number of phosphoric acid groups is 2. The van der Waals surface area contributed by atoms with E-state index in [1.165, 1.54) is 76.7 Å². The summed E-state index contributed by atoms with van der Waals surface area (Å²) in [6, 6.07) is 1.24. The van der Waals surface area contributed by atoms with Crippen molar-refractivity contribution >= 4 is 33.4 Å². The van der Waals surface area contributed by atoms with E-state index in [0.29, 0.717) is 19.3 Å². The highest BCUT2D eigenvalue weighted by Gasteiger charge is 2.46. The maximum Gasteiger partial charge on any atom is 0.481 e. The van der Waals surface area contributed by atoms with Crippen LogP contribution < -0.4 is 11.4 Å². The summed E-state index contributed by atoms with van der Waals surface area (Å²) in [5.74, 6) is -0.547. The lowest BCUT2D eigenvalue weighted by molar-refractivity contribution is -0.161. The molecule has 0 amide bonds. The van der Waals surface area contributed by atoms with Gasteiger partial charge in [0, 0.05) is 19.0 Å². The number of unbranched alkanes of at least 4 members (excludes halogenated alkanes) is 19. The normalized spacial score (nSPS) is 19.8. The van der Waals surface area contributed by atoms with Crippen molar-refractivity contribution in [2.45, 2.75) is 224 Å². The molecule has 1 aromatic rings. The number of aromatic nitrogens is 2. The van der Waals surface area contributed by atoms with Crippen LogP contribution in [-0.4, -0.2) is 96.9 Å². The van der Waals surface area contributed by atoms with Gasteiger partial charge in [-0.3, -0.25) is 23.2 Å². The van der Waals surface area contributed by atoms with Crippen LogP contribution in [-0.2, 0) is 46.3 Å². The Morgan fingerprint density at radius 1 is 0.764 bits per heavy atom. The molecule has 1 saturated heterocycles. The molecule has 0 aliphatic carbocycles. The van der Waals surface area contributed by atoms with Gasteiger partial charge in [0.25, 0.3) is 0 Å². The lowest BCUT2D eigenvalue weighted by Crippen LogP contribution is -2.36. The Labute approximate surface area is 428 Å². The summed E-state index contributed by atoms with van der Waals surface area (Å²) >= 11 is 0. The summed E-state index contributed by atoms with van der Waals surface area (Å²) in [5, 5.41) is 30.9. The third-order valence-electron chi connectivity index (χ3n) is 12.0. The number of phosphoric ester groups is 2. The molecule has 2 rings (SSSR count). The van der Waals surface area contributed by atoms with E-state index >= 15 is 0 Å². The van der Waals surface area contributed by atoms with Gasteiger partial charge in [0.1, 0.15) is 30.7 Å². The molecule has 1 fully saturated rings. The molecular formula is C51H89N3O16P2. The number of nitrogen functional groups attached to an aromatic ring is 1. The molecule has 2 heterocycles. The summed E-state index contributed by atoms with van der Waals surface area (Å²) in [6.45, 7) is 4.26. The van der Waals surface area contributed by atoms with Crippen LogP contribution in [0.15, 0.2) is 53.5 Å². The van der Waals surface area contributed by atoms with Gasteiger partial charge in [-0.15, -0.1) is 0 Å². The van der Waals surface area contributed by atoms with Crippen LogP contribution in [0.3, 0.4) is 0 Å². The molecule has 1 aromatic heterocycles. The second kappa shape index (κ2) is 38.5. The number of esters is 2. The molecule has 1 aliphatic heterocycles. The Morgan fingerprint density at radius 3 is 1.90 bits per heavy atom. The van der Waals surface area contributed by atoms with Crippen molar-refractivity contribution in [1.29, 1.82) is 0 Å². The molecule has 8 atom stereocenters. The molecule has 0 spiro atoms. The van der Waals surface area contributed by atoms with Gasteiger partial charge in [-0.25, -0.2) is 13.9 Å². The van der Waals surface area contributed by atoms with Crippen LogP contribution in [0.5, 0.6) is 0 Å². The zero-order valence-corrected chi connectivity index (χ0v) is 45.0. The van der Waals surface area contributed by atoms with Crippen molar-refractivity contribution in [2.24, 2.45) is 5.92 Å². The molecule has 3 unspecified atom stereocenters. The average molecular weight is 1060 g/mol. The number of hydrogen-bond acceptors (Lipinski definition) is 16. The third kappa shape index (κ3) is 31.6. The van der Waals surface area contributed by atoms with Gasteiger partial charge in [0.2, 0.25) is 0 Å². The van der Waals surface area contributed by atoms with Crippen molar-refractivity contribution < 1.29 is 71.4 Å². The Balaban J connectivity index is 1.79. The van der Waals surface area contributed by atoms with E-state index in [1.807, 2.05) is 37.3 Å². The number of nitrogens with zero attached hydrogens (tertiary/aromatic N) is 2. The topological polar surface area (TPSA) is 286 Å². The minimum absolute atomic E-state index is 0.00474. The first-order valence-corrected chi connectivity index (χ1v) is 29.5. The Kier molecular flexibility index (Phi) is 34.8. The highest BCUT2D eigenvalue weighted by Crippen LogP contribution is 2.60. The molecule has 0 bridgehead atoms. The fourth-order valence-electron chi connectivity index (χ4n) is 7.89. The summed E-state index contributed by atoms with van der Waals surface area (Å²) in [7, 11) is -10.9. The summed E-state index contributed by atoms with van der Waals surface area (Å²) in [4.78, 5) is 62.0. The van der Waals surface area contributed by atoms with Gasteiger partial charge in [-0.1, -0.05) is 173 Å². The van der Waals surface area contributed by atoms with Crippen LogP contribution in [0.25, 0.3) is 0 Å². The molecule has 19 nitrogen and oxygen atoms in total. The first kappa shape index (κ1) is 65.1. The minimum Gasteiger partial charge on any atom is -0.462 e. The van der Waals surface area contributed by atoms with Crippen LogP contribution >= 0.6 is 15.6 Å². The molecule has 0 radical (unpaired) electrons. The Morgan fingerprint density at radius 2 is 1.32 bits per heavy atom. The molecule has 0 saturated carbocycles. The highest BCUT2D eigenvalue weighted by atomic mass is 31.3. The van der Waals surface area contributed by atoms with E-state index < -0.39 is 89.8 Å². The number of carbonyl (C=O) groups excluding carboxylic acids is 2. The summed E-state index contributed by atoms with van der Waals surface area (Å²) < 4.78 is 56.8. The molecule has 21 heteroatoms. The van der Waals surface area contributed by atoms with E-state index in [1.54, 1.807) is 6.08 Å². The minimum atomic E-state index is -5.44. The van der Waals surface area contributed by atoms with Crippen LogP contribution in [0.2, 0.25) is 0 Å². The number of carbonyl (C=O) groups is 2. The van der Waals surface area contributed by atoms with E-state index in [2.05, 4.69) is 23.1 Å². The third-order valence-corrected chi connectivity index (χ3v) is 14.6. The van der Waals surface area contributed by atoms with Gasteiger partial charge < -0.3 is 45.1 Å². The standard InChI is InChI=1S/C51H89N3O16P2/c1-4-5-26-32-42(55)33-28-23-19-15-13-17-21-25-30-35-47(57)68-43(38-65-46(56)34-29-24-20-16-12-10-8-6-7-9-11-14-18-22-27-31-41(2)3)39-66-71(61,62)70-72(63,64)67-40-44-48(58)49(59)50(69-44)54-37-36-45(52)53-51(54)60/h5,19,23,26,28,33,36-37,41-44,48-50,55,58-59H,4,6-18,20-22,24-25,27,29-32,34-35,38-40H2,1-3H3,(H,61,62)(H,63,64)(H2,52,53,60)/b23-19+,26-5+,33-28+/t42?,43-,44-,48-,49-,50-/m1/s1. The van der Waals surface area contributed by atoms with Gasteiger partial charge in [-0.2, -0.15) is 9.29 Å². The Hall–Kier alpha value is -3.06. The number of ether oxygens (including phenoxy) is 3. The molecule has 414 valence electrons. The average Bonchev–Trinajstić information content (AvgIpc) is 3.60. The second-order valence-corrected chi connectivity index (χ2v) is 22.1. The zero-order chi connectivity index (χ0) is 53.0. The molecule has 7 N–H and O–H groups in total. The number of nitrogens with two attached hydrogens (primary N) is 1. The van der Waals surface area contributed by atoms with Crippen molar-refractivity contribution in [3.8, 4) is 0 Å². The SMILES string of the molecule is CC/C=C/CC(O)/C=C/C=C/CCCCCCCC(=O)O[C@H](COC(=O)CCCCCCCCCCCCCCCCCC(C)C)COP(=O)(O)OP(=O)(O)OC[C@H]1O[C@@H](n2ccc(N)nc2=O)[C@H](O)[C@@H]1O. The number of allylic oxidation sites excluding steroid dienone is 4. The first-order chi connectivity index (χ1) is 34.4. The van der Waals surface area contributed by atoms with Crippen LogP contribution in [0, 0.1) is 5.92 Å². The van der Waals surface area contributed by atoms with E-state index in [-0.39, 0.29) is 18.7 Å². The fourth-order valence-corrected chi connectivity index (χ4v) is 10.00. The van der Waals surface area contributed by atoms with E-state index in [9.17, 15) is 48.6 Å². The van der Waals surface area contributed by atoms with E-state index in [0.717, 1.165) is 80.9 Å². The number of hydrogen-bond donors (Lipinski definition) is 6. The largest absolute Gasteiger partial charge is 0.481 e. The smallest absolute Gasteiger partial charge is 0.462 e. The second-order valence-electron chi connectivity index (χ2n) is 19.0. The van der Waals surface area contributed by atoms with Crippen molar-refractivity contribution in [2.75, 3.05) is 25.6 Å². The van der Waals surface area contributed by atoms with Gasteiger partial charge >= 0.3 is 33.3 Å². The van der Waals surface area contributed by atoms with Gasteiger partial charge in [-0.05, 0) is 50.5 Å². The lowest BCUT2D eigenvalue weighted by atomic mass is 10.0. The number of rotatable bonds is 43. The monoisotopic (exact) mass is 1060 g/mol. The molecule has 72 heavy (non-hydrogen) atoms. The number of aliphatic hydroxyl groups is 3. The van der Waals surface area contributed by atoms with Gasteiger partial charge in [0.05, 0.1) is 19.3 Å². The van der Waals surface area contributed by atoms with Crippen molar-refractivity contribution in [1.82, 2.24) is 9.55 Å².